The maximum absolute atomic E-state index is 12.6. The second kappa shape index (κ2) is 7.01. The largest absolute Gasteiger partial charge is 0.375 e. The number of hydrogen-bond acceptors (Lipinski definition) is 5. The Kier molecular flexibility index (Phi) is 4.75. The third-order valence-corrected chi connectivity index (χ3v) is 6.35. The Morgan fingerprint density at radius 2 is 2.36 bits per heavy atom. The highest BCUT2D eigenvalue weighted by Crippen LogP contribution is 2.39. The van der Waals surface area contributed by atoms with Gasteiger partial charge in [0.15, 0.2) is 10.6 Å². The first-order valence-electron chi connectivity index (χ1n) is 8.78. The van der Waals surface area contributed by atoms with Gasteiger partial charge < -0.3 is 10.1 Å². The smallest absolute Gasteiger partial charge is 0.240 e. The minimum atomic E-state index is -0.0182. The van der Waals surface area contributed by atoms with Crippen LogP contribution in [0, 0.1) is 4.77 Å². The van der Waals surface area contributed by atoms with E-state index in [0.29, 0.717) is 4.77 Å². The highest BCUT2D eigenvalue weighted by molar-refractivity contribution is 7.71. The van der Waals surface area contributed by atoms with Gasteiger partial charge in [-0.1, -0.05) is 18.9 Å². The molecule has 1 saturated heterocycles. The molecule has 134 valence electrons. The van der Waals surface area contributed by atoms with Gasteiger partial charge in [0, 0.05) is 12.6 Å². The third kappa shape index (κ3) is 3.56. The summed E-state index contributed by atoms with van der Waals surface area (Å²) in [6, 6.07) is 4.13. The first kappa shape index (κ1) is 16.9. The van der Waals surface area contributed by atoms with E-state index < -0.39 is 0 Å². The van der Waals surface area contributed by atoms with Crippen molar-refractivity contribution in [1.82, 2.24) is 20.1 Å². The van der Waals surface area contributed by atoms with Crippen LogP contribution in [0.1, 0.15) is 38.5 Å². The zero-order valence-corrected chi connectivity index (χ0v) is 15.6. The minimum absolute atomic E-state index is 0.00425. The number of H-pyrrole nitrogens is 1. The quantitative estimate of drug-likeness (QED) is 0.801. The summed E-state index contributed by atoms with van der Waals surface area (Å²) in [6.07, 6.45) is 6.50. The zero-order valence-electron chi connectivity index (χ0n) is 14.0. The molecule has 4 rings (SSSR count). The first-order valence-corrected chi connectivity index (χ1v) is 10.1. The van der Waals surface area contributed by atoms with Crippen LogP contribution in [0.2, 0.25) is 0 Å². The molecule has 3 heterocycles. The van der Waals surface area contributed by atoms with Gasteiger partial charge in [0.05, 0.1) is 10.5 Å². The molecule has 1 saturated carbocycles. The van der Waals surface area contributed by atoms with Gasteiger partial charge in [0.1, 0.15) is 6.54 Å². The zero-order chi connectivity index (χ0) is 17.3. The fourth-order valence-corrected chi connectivity index (χ4v) is 4.91. The topological polar surface area (TPSA) is 71.9 Å². The summed E-state index contributed by atoms with van der Waals surface area (Å²) in [6.45, 7) is 0.920. The molecule has 2 aromatic rings. The molecule has 1 aliphatic carbocycles. The van der Waals surface area contributed by atoms with Crippen molar-refractivity contribution in [3.8, 4) is 10.7 Å². The fraction of sp³-hybridized carbons (Fsp3) is 0.588. The van der Waals surface area contributed by atoms with E-state index in [9.17, 15) is 4.79 Å². The van der Waals surface area contributed by atoms with Crippen molar-refractivity contribution in [2.75, 3.05) is 6.61 Å². The van der Waals surface area contributed by atoms with Crippen molar-refractivity contribution in [1.29, 1.82) is 0 Å². The second-order valence-electron chi connectivity index (χ2n) is 6.91. The summed E-state index contributed by atoms with van der Waals surface area (Å²) < 4.78 is 8.28. The molecule has 2 aromatic heterocycles. The van der Waals surface area contributed by atoms with Crippen molar-refractivity contribution in [2.24, 2.45) is 0 Å². The van der Waals surface area contributed by atoms with Crippen molar-refractivity contribution in [3.05, 3.63) is 22.3 Å². The van der Waals surface area contributed by atoms with Crippen LogP contribution in [0.4, 0.5) is 0 Å². The number of rotatable bonds is 4. The monoisotopic (exact) mass is 378 g/mol. The van der Waals surface area contributed by atoms with Gasteiger partial charge in [-0.25, -0.2) is 0 Å². The number of carbonyl (C=O) groups excluding carboxylic acids is 1. The van der Waals surface area contributed by atoms with Crippen molar-refractivity contribution < 1.29 is 9.53 Å². The van der Waals surface area contributed by atoms with Crippen LogP contribution in [-0.4, -0.2) is 38.9 Å². The molecule has 1 amide bonds. The predicted molar refractivity (Wildman–Crippen MR) is 99.0 cm³/mol. The Morgan fingerprint density at radius 3 is 3.12 bits per heavy atom. The number of nitrogens with zero attached hydrogens (tertiary/aromatic N) is 2. The normalized spacial score (nSPS) is 22.3. The number of nitrogens with one attached hydrogen (secondary N) is 2. The number of hydrogen-bond donors (Lipinski definition) is 2. The number of amides is 1. The third-order valence-electron chi connectivity index (χ3n) is 5.17. The number of thiophene rings is 1. The summed E-state index contributed by atoms with van der Waals surface area (Å²) in [7, 11) is 0. The number of aromatic nitrogens is 3. The highest BCUT2D eigenvalue weighted by Gasteiger charge is 2.40. The Labute approximate surface area is 155 Å². The predicted octanol–water partition coefficient (Wildman–Crippen LogP) is 3.28. The molecule has 0 aromatic carbocycles. The van der Waals surface area contributed by atoms with Crippen molar-refractivity contribution in [2.45, 2.75) is 56.7 Å². The van der Waals surface area contributed by atoms with Crippen LogP contribution in [0.5, 0.6) is 0 Å². The molecule has 6 nitrogen and oxygen atoms in total. The maximum Gasteiger partial charge on any atom is 0.240 e. The Morgan fingerprint density at radius 1 is 1.52 bits per heavy atom. The van der Waals surface area contributed by atoms with Crippen molar-refractivity contribution in [3.63, 3.8) is 0 Å². The molecular formula is C17H22N4O2S2. The second-order valence-corrected chi connectivity index (χ2v) is 8.25. The number of carbonyl (C=O) groups is 1. The maximum atomic E-state index is 12.6. The lowest BCUT2D eigenvalue weighted by Crippen LogP contribution is -2.48. The van der Waals surface area contributed by atoms with E-state index in [1.165, 1.54) is 12.8 Å². The summed E-state index contributed by atoms with van der Waals surface area (Å²) in [5.41, 5.74) is 0.00425. The molecule has 1 spiro atoms. The molecule has 2 fully saturated rings. The molecule has 25 heavy (non-hydrogen) atoms. The van der Waals surface area contributed by atoms with Crippen LogP contribution in [0.15, 0.2) is 17.5 Å². The minimum Gasteiger partial charge on any atom is -0.375 e. The average molecular weight is 379 g/mol. The van der Waals surface area contributed by atoms with Crippen LogP contribution in [0.3, 0.4) is 0 Å². The van der Waals surface area contributed by atoms with Crippen LogP contribution in [-0.2, 0) is 16.1 Å². The fourth-order valence-electron chi connectivity index (χ4n) is 3.99. The van der Waals surface area contributed by atoms with Gasteiger partial charge in [-0.05, 0) is 49.3 Å². The van der Waals surface area contributed by atoms with E-state index in [1.807, 2.05) is 17.5 Å². The molecule has 8 heteroatoms. The van der Waals surface area contributed by atoms with Crippen LogP contribution in [0.25, 0.3) is 10.7 Å². The van der Waals surface area contributed by atoms with Gasteiger partial charge in [0.25, 0.3) is 0 Å². The van der Waals surface area contributed by atoms with Crippen LogP contribution >= 0.6 is 23.6 Å². The van der Waals surface area contributed by atoms with Gasteiger partial charge in [-0.3, -0.25) is 14.5 Å². The molecule has 0 radical (unpaired) electrons. The Hall–Kier alpha value is -1.51. The van der Waals surface area contributed by atoms with Crippen LogP contribution < -0.4 is 5.32 Å². The van der Waals surface area contributed by atoms with E-state index in [-0.39, 0.29) is 24.1 Å². The van der Waals surface area contributed by atoms with Crippen molar-refractivity contribution >= 4 is 29.5 Å². The lowest BCUT2D eigenvalue weighted by Gasteiger charge is -2.38. The average Bonchev–Trinajstić information content (AvgIpc) is 3.31. The van der Waals surface area contributed by atoms with Gasteiger partial charge in [-0.2, -0.15) is 5.10 Å². The van der Waals surface area contributed by atoms with E-state index in [0.717, 1.165) is 43.0 Å². The summed E-state index contributed by atoms with van der Waals surface area (Å²) in [4.78, 5) is 13.6. The molecule has 2 aliphatic rings. The molecule has 2 N–H and O–H groups in total. The van der Waals surface area contributed by atoms with E-state index in [1.54, 1.807) is 15.9 Å². The standard InChI is InChI=1S/C17H22N4O2S2/c22-14(18-12-5-8-23-17(10-12)6-1-2-7-17)11-21-15(19-20-16(21)24)13-4-3-9-25-13/h3-4,9,12H,1-2,5-8,10-11H2,(H,18,22)(H,20,24). The number of ether oxygens (including phenoxy) is 1. The lowest BCUT2D eigenvalue weighted by atomic mass is 9.89. The summed E-state index contributed by atoms with van der Waals surface area (Å²) >= 11 is 6.88. The first-order chi connectivity index (χ1) is 12.2. The number of aromatic amines is 1. The molecule has 1 atom stereocenters. The molecular weight excluding hydrogens is 356 g/mol. The SMILES string of the molecule is O=C(Cn1c(-c2cccs2)n[nH]c1=S)NC1CCOC2(CCCC2)C1. The van der Waals surface area contributed by atoms with Gasteiger partial charge in [-0.15, -0.1) is 11.3 Å². The molecule has 1 aliphatic heterocycles. The molecule has 0 bridgehead atoms. The van der Waals surface area contributed by atoms with Gasteiger partial charge >= 0.3 is 0 Å². The summed E-state index contributed by atoms with van der Waals surface area (Å²) in [5.74, 6) is 0.699. The van der Waals surface area contributed by atoms with Gasteiger partial charge in [0.2, 0.25) is 5.91 Å². The van der Waals surface area contributed by atoms with E-state index in [4.69, 9.17) is 17.0 Å². The van der Waals surface area contributed by atoms with E-state index >= 15 is 0 Å². The van der Waals surface area contributed by atoms with E-state index in [2.05, 4.69) is 15.5 Å². The molecule has 1 unspecified atom stereocenters. The highest BCUT2D eigenvalue weighted by atomic mass is 32.1. The Balaban J connectivity index is 1.43. The lowest BCUT2D eigenvalue weighted by molar-refractivity contribution is -0.125. The Bertz CT molecular complexity index is 790. The summed E-state index contributed by atoms with van der Waals surface area (Å²) in [5, 5.41) is 12.2.